The number of aromatic nitrogens is 1. The molecule has 2 aliphatic heterocycles. The third kappa shape index (κ3) is 5.64. The maximum Gasteiger partial charge on any atom is 0.338 e. The highest BCUT2D eigenvalue weighted by Crippen LogP contribution is 2.36. The van der Waals surface area contributed by atoms with E-state index in [0.717, 1.165) is 0 Å². The van der Waals surface area contributed by atoms with Crippen LogP contribution in [-0.2, 0) is 23.8 Å². The van der Waals surface area contributed by atoms with E-state index < -0.39 is 12.0 Å². The summed E-state index contributed by atoms with van der Waals surface area (Å²) in [5.41, 5.74) is 1.80. The van der Waals surface area contributed by atoms with E-state index in [1.165, 1.54) is 18.4 Å². The number of esters is 1. The van der Waals surface area contributed by atoms with Gasteiger partial charge >= 0.3 is 5.97 Å². The fourth-order valence-corrected chi connectivity index (χ4v) is 4.84. The van der Waals surface area contributed by atoms with Crippen LogP contribution in [0.1, 0.15) is 23.0 Å². The highest BCUT2D eigenvalue weighted by Gasteiger charge is 2.34. The summed E-state index contributed by atoms with van der Waals surface area (Å²) in [6, 6.07) is 6.70. The van der Waals surface area contributed by atoms with Gasteiger partial charge in [-0.3, -0.25) is 14.7 Å². The standard InChI is InChI=1S/C23H25ClN4O5S/c1-31-23(30)19-18(13-28-8-10-33-15(12-28)6-9-32-14-29)26-21(22-25-7-11-34-22)27-20(19)16-4-2-3-5-17(16)24/h2-5,7,11,14-15,20H,6,8-10,12-13H2,1H3,(H,26,27)/t15-,20+/m1/s1. The fraction of sp³-hybridized carbons (Fsp3) is 0.391. The van der Waals surface area contributed by atoms with E-state index in [0.29, 0.717) is 78.4 Å². The number of nitrogens with one attached hydrogen (secondary N) is 1. The Morgan fingerprint density at radius 2 is 2.26 bits per heavy atom. The van der Waals surface area contributed by atoms with E-state index in [-0.39, 0.29) is 6.10 Å². The predicted molar refractivity (Wildman–Crippen MR) is 128 cm³/mol. The first kappa shape index (κ1) is 24.3. The number of nitrogens with zero attached hydrogens (tertiary/aromatic N) is 3. The molecule has 1 saturated heterocycles. The molecule has 2 aliphatic rings. The molecule has 34 heavy (non-hydrogen) atoms. The molecule has 2 atom stereocenters. The Bertz CT molecular complexity index is 1080. The van der Waals surface area contributed by atoms with Gasteiger partial charge in [0.1, 0.15) is 6.04 Å². The summed E-state index contributed by atoms with van der Waals surface area (Å²) < 4.78 is 15.8. The van der Waals surface area contributed by atoms with Crippen molar-refractivity contribution in [2.24, 2.45) is 4.99 Å². The number of carbonyl (C=O) groups excluding carboxylic acids is 2. The van der Waals surface area contributed by atoms with Crippen molar-refractivity contribution in [2.75, 3.05) is 40.0 Å². The molecule has 0 amide bonds. The lowest BCUT2D eigenvalue weighted by Crippen LogP contribution is -2.46. The van der Waals surface area contributed by atoms with Crippen molar-refractivity contribution in [2.45, 2.75) is 18.6 Å². The molecule has 1 aromatic heterocycles. The Balaban J connectivity index is 1.67. The van der Waals surface area contributed by atoms with Gasteiger partial charge in [0.15, 0.2) is 10.8 Å². The molecule has 1 fully saturated rings. The number of amidine groups is 1. The van der Waals surface area contributed by atoms with Crippen LogP contribution in [0, 0.1) is 0 Å². The first-order valence-electron chi connectivity index (χ1n) is 10.8. The normalized spacial score (nSPS) is 20.9. The topological polar surface area (TPSA) is 102 Å². The lowest BCUT2D eigenvalue weighted by molar-refractivity contribution is -0.136. The van der Waals surface area contributed by atoms with E-state index in [1.807, 2.05) is 23.6 Å². The van der Waals surface area contributed by atoms with Gasteiger partial charge in [0.25, 0.3) is 6.47 Å². The van der Waals surface area contributed by atoms with Crippen LogP contribution >= 0.6 is 22.9 Å². The molecule has 0 bridgehead atoms. The second-order valence-electron chi connectivity index (χ2n) is 7.73. The third-order valence-electron chi connectivity index (χ3n) is 5.60. The number of benzene rings is 1. The molecule has 1 aromatic carbocycles. The number of halogens is 1. The summed E-state index contributed by atoms with van der Waals surface area (Å²) in [5, 5.41) is 6.43. The summed E-state index contributed by atoms with van der Waals surface area (Å²) in [4.78, 5) is 34.9. The summed E-state index contributed by atoms with van der Waals surface area (Å²) in [6.07, 6.45) is 2.23. The summed E-state index contributed by atoms with van der Waals surface area (Å²) in [7, 11) is 1.36. The van der Waals surface area contributed by atoms with Crippen molar-refractivity contribution in [3.63, 3.8) is 0 Å². The molecule has 1 N–H and O–H groups in total. The summed E-state index contributed by atoms with van der Waals surface area (Å²) in [5.74, 6) is 0.102. The Morgan fingerprint density at radius 1 is 1.41 bits per heavy atom. The molecule has 3 heterocycles. The van der Waals surface area contributed by atoms with Gasteiger partial charge in [-0.15, -0.1) is 11.3 Å². The van der Waals surface area contributed by atoms with E-state index >= 15 is 0 Å². The number of methoxy groups -OCH3 is 1. The third-order valence-corrected chi connectivity index (χ3v) is 6.72. The number of hydrogen-bond donors (Lipinski definition) is 1. The van der Waals surface area contributed by atoms with Gasteiger partial charge in [-0.25, -0.2) is 9.78 Å². The number of carbonyl (C=O) groups is 2. The van der Waals surface area contributed by atoms with Crippen molar-refractivity contribution in [1.82, 2.24) is 15.2 Å². The van der Waals surface area contributed by atoms with Crippen LogP contribution in [0.15, 0.2) is 52.1 Å². The van der Waals surface area contributed by atoms with Crippen LogP contribution in [0.4, 0.5) is 0 Å². The second kappa shape index (κ2) is 11.6. The SMILES string of the molecule is COC(=O)C1=C(CN2CCO[C@H](CCOC=O)C2)NC(c2nccs2)=N[C@H]1c1ccccc1Cl. The monoisotopic (exact) mass is 504 g/mol. The van der Waals surface area contributed by atoms with E-state index in [9.17, 15) is 9.59 Å². The largest absolute Gasteiger partial charge is 0.468 e. The molecule has 11 heteroatoms. The molecule has 4 rings (SSSR count). The predicted octanol–water partition coefficient (Wildman–Crippen LogP) is 2.58. The molecular weight excluding hydrogens is 480 g/mol. The average molecular weight is 505 g/mol. The highest BCUT2D eigenvalue weighted by molar-refractivity contribution is 7.11. The van der Waals surface area contributed by atoms with Crippen LogP contribution < -0.4 is 5.32 Å². The maximum atomic E-state index is 13.0. The number of ether oxygens (including phenoxy) is 3. The van der Waals surface area contributed by atoms with Crippen LogP contribution in [-0.4, -0.2) is 74.2 Å². The van der Waals surface area contributed by atoms with Gasteiger partial charge < -0.3 is 19.5 Å². The number of morpholine rings is 1. The molecule has 0 unspecified atom stereocenters. The van der Waals surface area contributed by atoms with Crippen LogP contribution in [0.25, 0.3) is 0 Å². The Kier molecular flexibility index (Phi) is 8.28. The summed E-state index contributed by atoms with van der Waals surface area (Å²) in [6.45, 7) is 3.03. The van der Waals surface area contributed by atoms with E-state index in [1.54, 1.807) is 12.3 Å². The maximum absolute atomic E-state index is 13.0. The van der Waals surface area contributed by atoms with Crippen LogP contribution in [0.3, 0.4) is 0 Å². The average Bonchev–Trinajstić information content (AvgIpc) is 3.39. The highest BCUT2D eigenvalue weighted by atomic mass is 35.5. The number of aliphatic imine (C=N–C) groups is 1. The van der Waals surface area contributed by atoms with Crippen LogP contribution in [0.2, 0.25) is 5.02 Å². The minimum absolute atomic E-state index is 0.0778. The van der Waals surface area contributed by atoms with Gasteiger partial charge in [0, 0.05) is 53.9 Å². The quantitative estimate of drug-likeness (QED) is 0.316. The molecule has 0 radical (unpaired) electrons. The lowest BCUT2D eigenvalue weighted by Gasteiger charge is -2.35. The second-order valence-corrected chi connectivity index (χ2v) is 9.03. The van der Waals surface area contributed by atoms with Crippen molar-refractivity contribution in [3.8, 4) is 0 Å². The van der Waals surface area contributed by atoms with E-state index in [4.69, 9.17) is 30.8 Å². The molecule has 2 aromatic rings. The van der Waals surface area contributed by atoms with Gasteiger partial charge in [-0.1, -0.05) is 29.8 Å². The zero-order valence-corrected chi connectivity index (χ0v) is 20.2. The Morgan fingerprint density at radius 3 is 3.00 bits per heavy atom. The molecule has 0 saturated carbocycles. The molecular formula is C23H25ClN4O5S. The zero-order chi connectivity index (χ0) is 23.9. The summed E-state index contributed by atoms with van der Waals surface area (Å²) >= 11 is 7.98. The fourth-order valence-electron chi connectivity index (χ4n) is 4.01. The van der Waals surface area contributed by atoms with Crippen molar-refractivity contribution >= 4 is 41.2 Å². The number of thiazole rings is 1. The van der Waals surface area contributed by atoms with Gasteiger partial charge in [-0.2, -0.15) is 0 Å². The minimum atomic E-state index is -0.644. The van der Waals surface area contributed by atoms with Crippen molar-refractivity contribution < 1.29 is 23.8 Å². The first-order valence-corrected chi connectivity index (χ1v) is 12.1. The van der Waals surface area contributed by atoms with E-state index in [2.05, 4.69) is 15.2 Å². The Labute approximate surface area is 206 Å². The molecule has 0 aliphatic carbocycles. The van der Waals surface area contributed by atoms with Crippen LogP contribution in [0.5, 0.6) is 0 Å². The van der Waals surface area contributed by atoms with Gasteiger partial charge in [0.2, 0.25) is 0 Å². The smallest absolute Gasteiger partial charge is 0.338 e. The molecule has 180 valence electrons. The van der Waals surface area contributed by atoms with Crippen molar-refractivity contribution in [3.05, 3.63) is 62.7 Å². The van der Waals surface area contributed by atoms with Gasteiger partial charge in [0.05, 0.1) is 32.0 Å². The number of hydrogen-bond acceptors (Lipinski definition) is 10. The lowest BCUT2D eigenvalue weighted by atomic mass is 9.95. The zero-order valence-electron chi connectivity index (χ0n) is 18.6. The number of rotatable bonds is 9. The molecule has 9 nitrogen and oxygen atoms in total. The minimum Gasteiger partial charge on any atom is -0.468 e. The van der Waals surface area contributed by atoms with Crippen molar-refractivity contribution in [1.29, 1.82) is 0 Å². The van der Waals surface area contributed by atoms with Gasteiger partial charge in [-0.05, 0) is 6.07 Å². The Hall–Kier alpha value is -2.79. The molecule has 0 spiro atoms. The first-order chi connectivity index (χ1) is 16.6.